The summed E-state index contributed by atoms with van der Waals surface area (Å²) < 4.78 is 46.4. The van der Waals surface area contributed by atoms with E-state index in [2.05, 4.69) is 16.0 Å². The second-order valence-corrected chi connectivity index (χ2v) is 16.1. The van der Waals surface area contributed by atoms with Crippen molar-refractivity contribution in [3.8, 4) is 11.6 Å². The number of nitrogens with one attached hydrogen (secondary N) is 1. The Morgan fingerprint density at radius 2 is 1.91 bits per heavy atom. The molecule has 12 nitrogen and oxygen atoms in total. The number of fused-ring (bicyclic) bond motifs is 3. The van der Waals surface area contributed by atoms with Crippen molar-refractivity contribution in [2.24, 2.45) is 11.8 Å². The maximum atomic E-state index is 14.2. The first kappa shape index (κ1) is 38.6. The molecule has 1 fully saturated rings. The Kier molecular flexibility index (Phi) is 12.0. The van der Waals surface area contributed by atoms with Gasteiger partial charge in [0.05, 0.1) is 31.5 Å². The van der Waals surface area contributed by atoms with E-state index in [4.69, 9.17) is 25.8 Å². The van der Waals surface area contributed by atoms with Crippen LogP contribution in [0.2, 0.25) is 5.02 Å². The van der Waals surface area contributed by atoms with E-state index >= 15 is 0 Å². The summed E-state index contributed by atoms with van der Waals surface area (Å²) in [5, 5.41) is 13.1. The van der Waals surface area contributed by atoms with Crippen LogP contribution < -0.4 is 19.1 Å². The minimum atomic E-state index is -4.52. The molecule has 6 rings (SSSR count). The molecular weight excluding hydrogens is 720 g/mol. The minimum absolute atomic E-state index is 0.0566. The third kappa shape index (κ3) is 8.64. The van der Waals surface area contributed by atoms with Gasteiger partial charge < -0.3 is 29.1 Å². The summed E-state index contributed by atoms with van der Waals surface area (Å²) in [7, 11) is 0.189. The van der Waals surface area contributed by atoms with Crippen LogP contribution in [-0.2, 0) is 43.0 Å². The molecule has 3 aromatic rings. The number of hydrogen-bond donors (Lipinski definition) is 2. The van der Waals surface area contributed by atoms with Crippen molar-refractivity contribution in [1.82, 2.24) is 14.6 Å². The van der Waals surface area contributed by atoms with Gasteiger partial charge in [0.15, 0.2) is 5.60 Å². The molecule has 4 atom stereocenters. The maximum Gasteiger partial charge on any atom is 0.270 e. The molecule has 2 bridgehead atoms. The summed E-state index contributed by atoms with van der Waals surface area (Å²) >= 11 is 6.37. The Morgan fingerprint density at radius 3 is 2.62 bits per heavy atom. The van der Waals surface area contributed by atoms with Crippen LogP contribution in [0.15, 0.2) is 71.8 Å². The zero-order chi connectivity index (χ0) is 37.8. The highest BCUT2D eigenvalue weighted by atomic mass is 35.5. The fraction of sp³-hybridized carbons (Fsp3) is 0.462. The fourth-order valence-corrected chi connectivity index (χ4v) is 8.50. The highest BCUT2D eigenvalue weighted by Crippen LogP contribution is 2.43. The van der Waals surface area contributed by atoms with Crippen molar-refractivity contribution in [2.45, 2.75) is 68.2 Å². The Morgan fingerprint density at radius 1 is 1.08 bits per heavy atom. The van der Waals surface area contributed by atoms with Gasteiger partial charge in [-0.3, -0.25) is 9.59 Å². The van der Waals surface area contributed by atoms with E-state index in [1.54, 1.807) is 26.3 Å². The first-order chi connectivity index (χ1) is 25.4. The summed E-state index contributed by atoms with van der Waals surface area (Å²) in [4.78, 5) is 35.2. The van der Waals surface area contributed by atoms with Gasteiger partial charge in [0, 0.05) is 44.9 Å². The predicted molar refractivity (Wildman–Crippen MR) is 200 cm³/mol. The van der Waals surface area contributed by atoms with Gasteiger partial charge in [-0.15, -0.1) is 0 Å². The molecule has 1 aliphatic carbocycles. The lowest BCUT2D eigenvalue weighted by atomic mass is 9.70. The minimum Gasteiger partial charge on any atom is -0.487 e. The molecule has 0 unspecified atom stereocenters. The largest absolute Gasteiger partial charge is 0.487 e. The van der Waals surface area contributed by atoms with Crippen molar-refractivity contribution in [3.63, 3.8) is 0 Å². The number of carbonyl (C=O) groups excluding carboxylic acids is 2. The normalized spacial score (nSPS) is 24.7. The van der Waals surface area contributed by atoms with Gasteiger partial charge in [-0.25, -0.2) is 18.1 Å². The van der Waals surface area contributed by atoms with E-state index in [1.807, 2.05) is 29.0 Å². The van der Waals surface area contributed by atoms with Crippen LogP contribution >= 0.6 is 11.6 Å². The molecule has 2 amide bonds. The number of aromatic nitrogens is 1. The lowest BCUT2D eigenvalue weighted by molar-refractivity contribution is -0.148. The smallest absolute Gasteiger partial charge is 0.270 e. The number of amides is 2. The highest BCUT2D eigenvalue weighted by Gasteiger charge is 2.44. The molecule has 1 aromatic heterocycles. The number of halogens is 1. The molecular formula is C39H47ClN4O8S. The second kappa shape index (κ2) is 16.5. The quantitative estimate of drug-likeness (QED) is 0.340. The Bertz CT molecular complexity index is 1940. The third-order valence-corrected chi connectivity index (χ3v) is 12.3. The lowest BCUT2D eigenvalue weighted by Gasteiger charge is -2.43. The Hall–Kier alpha value is -4.17. The molecule has 14 heteroatoms. The van der Waals surface area contributed by atoms with Crippen molar-refractivity contribution < 1.29 is 37.3 Å². The number of hydrogen-bond acceptors (Lipinski definition) is 10. The van der Waals surface area contributed by atoms with Crippen LogP contribution in [0.4, 0.5) is 5.69 Å². The van der Waals surface area contributed by atoms with Crippen LogP contribution in [0.3, 0.4) is 0 Å². The number of anilines is 1. The second-order valence-electron chi connectivity index (χ2n) is 14.0. The third-order valence-electron chi connectivity index (χ3n) is 10.7. The monoisotopic (exact) mass is 766 g/mol. The number of methoxy groups -OCH3 is 2. The van der Waals surface area contributed by atoms with E-state index in [-0.39, 0.29) is 35.0 Å². The molecule has 0 spiro atoms. The van der Waals surface area contributed by atoms with E-state index in [0.29, 0.717) is 48.4 Å². The zero-order valence-corrected chi connectivity index (χ0v) is 31.9. The van der Waals surface area contributed by atoms with Crippen LogP contribution in [0.1, 0.15) is 55.2 Å². The van der Waals surface area contributed by atoms with Gasteiger partial charge in [0.1, 0.15) is 17.3 Å². The Labute approximate surface area is 316 Å². The average molecular weight is 767 g/mol. The summed E-state index contributed by atoms with van der Waals surface area (Å²) in [6.07, 6.45) is 9.42. The molecule has 0 radical (unpaired) electrons. The molecule has 2 aliphatic heterocycles. The van der Waals surface area contributed by atoms with Gasteiger partial charge in [-0.05, 0) is 97.4 Å². The number of nitrogens with zero attached hydrogens (tertiary/aromatic N) is 3. The van der Waals surface area contributed by atoms with Crippen LogP contribution in [0.25, 0.3) is 0 Å². The van der Waals surface area contributed by atoms with E-state index in [1.165, 1.54) is 30.2 Å². The first-order valence-corrected chi connectivity index (χ1v) is 19.8. The van der Waals surface area contributed by atoms with Crippen LogP contribution in [0.5, 0.6) is 11.6 Å². The summed E-state index contributed by atoms with van der Waals surface area (Å²) in [6.45, 7) is 1.89. The van der Waals surface area contributed by atoms with Crippen LogP contribution in [-0.4, -0.2) is 82.2 Å². The number of sulfonamides is 1. The van der Waals surface area contributed by atoms with Crippen molar-refractivity contribution in [2.75, 3.05) is 45.8 Å². The topological polar surface area (TPSA) is 148 Å². The molecule has 53 heavy (non-hydrogen) atoms. The van der Waals surface area contributed by atoms with E-state index < -0.39 is 33.9 Å². The summed E-state index contributed by atoms with van der Waals surface area (Å²) in [6, 6.07) is 13.2. The number of pyridine rings is 1. The Balaban J connectivity index is 1.44. The molecule has 3 heterocycles. The number of carbonyl (C=O) groups is 2. The average Bonchev–Trinajstić information content (AvgIpc) is 3.16. The van der Waals surface area contributed by atoms with E-state index in [0.717, 1.165) is 49.4 Å². The first-order valence-electron chi connectivity index (χ1n) is 17.9. The molecule has 2 N–H and O–H groups in total. The summed E-state index contributed by atoms with van der Waals surface area (Å²) in [5.41, 5.74) is 0.230. The molecule has 1 saturated carbocycles. The SMILES string of the molecule is COc1ccc(S(=O)(=O)NC(=O)[C@@]2(O)CC(=O)N(C)CC/C=C/[C@H](OC)[C@@H]3CC[C@H]3CN3CCCCc4cc(Cl)ccc4COc4ccc2cc43)cn1. The number of aliphatic hydroxyl groups is 1. The van der Waals surface area contributed by atoms with Gasteiger partial charge >= 0.3 is 0 Å². The van der Waals surface area contributed by atoms with Crippen molar-refractivity contribution in [3.05, 3.63) is 88.6 Å². The van der Waals surface area contributed by atoms with Gasteiger partial charge in [0.2, 0.25) is 11.8 Å². The number of aryl methyl sites for hydroxylation is 1. The zero-order valence-electron chi connectivity index (χ0n) is 30.3. The molecule has 284 valence electrons. The molecule has 0 saturated heterocycles. The number of benzene rings is 2. The van der Waals surface area contributed by atoms with Gasteiger partial charge in [-0.1, -0.05) is 35.9 Å². The summed E-state index contributed by atoms with van der Waals surface area (Å²) in [5.74, 6) is -0.532. The predicted octanol–water partition coefficient (Wildman–Crippen LogP) is 5.01. The van der Waals surface area contributed by atoms with Crippen molar-refractivity contribution >= 4 is 39.1 Å². The van der Waals surface area contributed by atoms with E-state index in [9.17, 15) is 23.1 Å². The number of rotatable bonds is 5. The van der Waals surface area contributed by atoms with Gasteiger partial charge in [-0.2, -0.15) is 0 Å². The van der Waals surface area contributed by atoms with Gasteiger partial charge in [0.25, 0.3) is 15.9 Å². The maximum absolute atomic E-state index is 14.2. The molecule has 2 aromatic carbocycles. The highest BCUT2D eigenvalue weighted by molar-refractivity contribution is 7.90. The van der Waals surface area contributed by atoms with Crippen LogP contribution in [0, 0.1) is 11.8 Å². The van der Waals surface area contributed by atoms with Crippen molar-refractivity contribution in [1.29, 1.82) is 0 Å². The number of ether oxygens (including phenoxy) is 3. The lowest BCUT2D eigenvalue weighted by Crippen LogP contribution is -2.49. The fourth-order valence-electron chi connectivity index (χ4n) is 7.33. The standard InChI is InChI=1S/C39H47ClN4O8S/c1-43-18-6-5-9-34(50-2)32-15-11-27(32)24-44-19-7-4-8-26-20-30(40)13-10-28(26)25-52-35-16-12-29(21-33(35)44)39(47,22-37(43)45)38(46)42-53(48,49)31-14-17-36(51-3)41-23-31/h5,9-10,12-14,16-17,20-21,23,27,32,34,47H,4,6-8,11,15,18-19,22,24-25H2,1-3H3,(H,42,46)/b9-5+/t27-,32+,34-,39+/m0/s1. The molecule has 3 aliphatic rings.